The van der Waals surface area contributed by atoms with Gasteiger partial charge in [0.2, 0.25) is 23.6 Å². The zero-order chi connectivity index (χ0) is 55.5. The Kier molecular flexibility index (Phi) is 24.0. The zero-order valence-corrected chi connectivity index (χ0v) is 45.0. The third-order valence-corrected chi connectivity index (χ3v) is 15.8. The molecule has 10 atom stereocenters. The van der Waals surface area contributed by atoms with Crippen LogP contribution in [0.25, 0.3) is 10.9 Å². The highest BCUT2D eigenvalue weighted by Gasteiger charge is 2.38. The Balaban J connectivity index is 1.61. The molecule has 1 saturated heterocycles. The van der Waals surface area contributed by atoms with E-state index in [4.69, 9.17) is 5.73 Å². The van der Waals surface area contributed by atoms with Crippen LogP contribution in [0.5, 0.6) is 5.75 Å². The van der Waals surface area contributed by atoms with Crippen molar-refractivity contribution < 1.29 is 58.8 Å². The van der Waals surface area contributed by atoms with Gasteiger partial charge in [0, 0.05) is 59.8 Å². The van der Waals surface area contributed by atoms with E-state index in [1.165, 1.54) is 26.0 Å². The number of carbonyl (C=O) groups excluding carboxylic acids is 7. The van der Waals surface area contributed by atoms with Gasteiger partial charge in [-0.05, 0) is 93.8 Å². The Morgan fingerprint density at radius 3 is 2.05 bits per heavy atom. The van der Waals surface area contributed by atoms with Gasteiger partial charge in [-0.15, -0.1) is 0 Å². The van der Waals surface area contributed by atoms with Crippen molar-refractivity contribution in [2.24, 2.45) is 23.5 Å². The van der Waals surface area contributed by atoms with Crippen LogP contribution in [0.15, 0.2) is 85.1 Å². The van der Waals surface area contributed by atoms with E-state index < -0.39 is 114 Å². The van der Waals surface area contributed by atoms with Gasteiger partial charge in [0.25, 0.3) is 0 Å². The fourth-order valence-electron chi connectivity index (χ4n) is 9.00. The first kappa shape index (κ1) is 60.8. The standard InChI is InChI=1S/C55H73N7O12S2/c1-31(2)58-44(22-34-12-6-5-7-13-34)48(67)26-38-29-75-76-30-46(49(68)27-41(32(3)63)55(73)74)61-54(72)50(33(4)64)62-53(71)43(16-10-11-21-56)59-51(69)36(24-37-28-57-42-15-9-8-14-40(37)42)25-47(66)45(60-52(38)70)23-35-17-19-39(65)20-18-35/h5-9,12-15,17-20,28,31-33,36,38,41,43-46,50,57-58,63-65H,10-11,16,21-27,29-30,56H2,1-4H3,(H,59,69)(H,60,70)(H,61,72)(H,62,71)(H,73,74). The smallest absolute Gasteiger partial charge is 0.309 e. The van der Waals surface area contributed by atoms with Crippen molar-refractivity contribution in [1.29, 1.82) is 0 Å². The summed E-state index contributed by atoms with van der Waals surface area (Å²) in [5, 5.41) is 56.2. The predicted octanol–water partition coefficient (Wildman–Crippen LogP) is 3.30. The van der Waals surface area contributed by atoms with Crippen molar-refractivity contribution in [3.05, 3.63) is 102 Å². The number of carbonyl (C=O) groups is 8. The fraction of sp³-hybridized carbons (Fsp3) is 0.491. The van der Waals surface area contributed by atoms with E-state index in [9.17, 15) is 54.0 Å². The summed E-state index contributed by atoms with van der Waals surface area (Å²) in [5.74, 6) is -10.4. The Morgan fingerprint density at radius 1 is 0.737 bits per heavy atom. The highest BCUT2D eigenvalue weighted by Crippen LogP contribution is 2.29. The lowest BCUT2D eigenvalue weighted by molar-refractivity contribution is -0.147. The van der Waals surface area contributed by atoms with Crippen molar-refractivity contribution >= 4 is 79.4 Å². The Bertz CT molecular complexity index is 2600. The van der Waals surface area contributed by atoms with Crippen LogP contribution >= 0.6 is 21.6 Å². The normalized spacial score (nSPS) is 22.3. The minimum Gasteiger partial charge on any atom is -0.508 e. The minimum atomic E-state index is -1.70. The number of para-hydroxylation sites is 1. The molecule has 1 aliphatic heterocycles. The number of H-pyrrole nitrogens is 1. The molecule has 21 heteroatoms. The number of phenols is 1. The number of phenolic OH excluding ortho intramolecular Hbond substituents is 1. The third-order valence-electron chi connectivity index (χ3n) is 13.3. The molecular formula is C55H73N7O12S2. The molecule has 10 unspecified atom stereocenters. The van der Waals surface area contributed by atoms with Crippen LogP contribution in [0.3, 0.4) is 0 Å². The highest BCUT2D eigenvalue weighted by atomic mass is 33.1. The second-order valence-electron chi connectivity index (χ2n) is 19.9. The molecule has 1 fully saturated rings. The van der Waals surface area contributed by atoms with Gasteiger partial charge in [0.05, 0.1) is 42.2 Å². The summed E-state index contributed by atoms with van der Waals surface area (Å²) in [6, 6.07) is 16.2. The molecule has 2 heterocycles. The number of aromatic hydroxyl groups is 1. The van der Waals surface area contributed by atoms with Gasteiger partial charge in [0.1, 0.15) is 17.8 Å². The number of nitrogens with one attached hydrogen (secondary N) is 6. The van der Waals surface area contributed by atoms with Crippen LogP contribution in [-0.4, -0.2) is 139 Å². The number of aliphatic hydroxyl groups is 2. The number of aromatic nitrogens is 1. The summed E-state index contributed by atoms with van der Waals surface area (Å²) >= 11 is 0. The monoisotopic (exact) mass is 1090 g/mol. The Hall–Kier alpha value is -6.10. The van der Waals surface area contributed by atoms with E-state index in [-0.39, 0.29) is 61.3 Å². The number of nitrogens with two attached hydrogens (primary N) is 1. The number of benzene rings is 3. The number of hydrogen-bond acceptors (Lipinski definition) is 15. The van der Waals surface area contributed by atoms with E-state index in [2.05, 4.69) is 31.6 Å². The van der Waals surface area contributed by atoms with Crippen LogP contribution in [-0.2, 0) is 57.6 Å². The predicted molar refractivity (Wildman–Crippen MR) is 292 cm³/mol. The molecule has 412 valence electrons. The van der Waals surface area contributed by atoms with Gasteiger partial charge in [-0.1, -0.05) is 96.1 Å². The third kappa shape index (κ3) is 18.6. The lowest BCUT2D eigenvalue weighted by Gasteiger charge is -2.28. The maximum Gasteiger partial charge on any atom is 0.309 e. The number of aliphatic carboxylic acids is 1. The summed E-state index contributed by atoms with van der Waals surface area (Å²) in [5.41, 5.74) is 8.71. The molecule has 1 aliphatic rings. The van der Waals surface area contributed by atoms with Crippen LogP contribution < -0.4 is 32.3 Å². The topological polar surface area (TPSA) is 319 Å². The maximum absolute atomic E-state index is 15.0. The largest absolute Gasteiger partial charge is 0.508 e. The number of carboxylic acids is 1. The first-order chi connectivity index (χ1) is 36.2. The highest BCUT2D eigenvalue weighted by molar-refractivity contribution is 8.76. The van der Waals surface area contributed by atoms with Gasteiger partial charge in [0.15, 0.2) is 17.3 Å². The van der Waals surface area contributed by atoms with E-state index in [0.717, 1.165) is 38.1 Å². The molecule has 0 bridgehead atoms. The summed E-state index contributed by atoms with van der Waals surface area (Å²) in [6.45, 7) is 6.50. The number of ketones is 3. The van der Waals surface area contributed by atoms with Crippen LogP contribution in [0, 0.1) is 17.8 Å². The fourth-order valence-corrected chi connectivity index (χ4v) is 11.5. The average molecular weight is 1090 g/mol. The molecule has 4 aromatic rings. The molecule has 19 nitrogen and oxygen atoms in total. The van der Waals surface area contributed by atoms with Crippen LogP contribution in [0.1, 0.15) is 82.9 Å². The van der Waals surface area contributed by atoms with Gasteiger partial charge >= 0.3 is 5.97 Å². The summed E-state index contributed by atoms with van der Waals surface area (Å²) in [4.78, 5) is 117. The number of rotatable bonds is 21. The van der Waals surface area contributed by atoms with Crippen molar-refractivity contribution in [2.75, 3.05) is 18.1 Å². The molecule has 0 saturated carbocycles. The van der Waals surface area contributed by atoms with Gasteiger partial charge in [-0.2, -0.15) is 0 Å². The maximum atomic E-state index is 15.0. The summed E-state index contributed by atoms with van der Waals surface area (Å²) in [7, 11) is 2.12. The number of aromatic amines is 1. The zero-order valence-electron chi connectivity index (χ0n) is 43.4. The lowest BCUT2D eigenvalue weighted by atomic mass is 9.88. The van der Waals surface area contributed by atoms with Crippen LogP contribution in [0.4, 0.5) is 0 Å². The molecule has 5 rings (SSSR count). The number of aliphatic hydroxyl groups excluding tert-OH is 2. The first-order valence-electron chi connectivity index (χ1n) is 25.7. The van der Waals surface area contributed by atoms with Crippen molar-refractivity contribution in [3.63, 3.8) is 0 Å². The molecule has 4 amide bonds. The lowest BCUT2D eigenvalue weighted by Crippen LogP contribution is -2.59. The van der Waals surface area contributed by atoms with Crippen molar-refractivity contribution in [1.82, 2.24) is 31.6 Å². The quantitative estimate of drug-likeness (QED) is 0.0421. The SMILES string of the molecule is CC(C)NC(Cc1ccccc1)C(=O)CC1CSSCC(C(=O)CC(C(=O)O)C(C)O)NC(=O)C(C(C)O)NC(=O)C(CCCCN)NC(=O)C(Cc2c[nH]c3ccccc23)CC(=O)C(Cc2ccc(O)cc2)NC1=O. The van der Waals surface area contributed by atoms with Gasteiger partial charge in [-0.25, -0.2) is 0 Å². The number of Topliss-reactive ketones (excluding diaryl/α,β-unsaturated/α-hetero) is 3. The Labute approximate surface area is 450 Å². The molecule has 3 aromatic carbocycles. The molecule has 12 N–H and O–H groups in total. The van der Waals surface area contributed by atoms with E-state index in [1.54, 1.807) is 18.3 Å². The van der Waals surface area contributed by atoms with Crippen molar-refractivity contribution in [2.45, 2.75) is 134 Å². The first-order valence-corrected chi connectivity index (χ1v) is 28.2. The number of hydrogen-bond donors (Lipinski definition) is 11. The summed E-state index contributed by atoms with van der Waals surface area (Å²) < 4.78 is 0. The summed E-state index contributed by atoms with van der Waals surface area (Å²) in [6.07, 6.45) is -1.65. The van der Waals surface area contributed by atoms with E-state index >= 15 is 4.79 Å². The Morgan fingerprint density at radius 2 is 1.39 bits per heavy atom. The van der Waals surface area contributed by atoms with Gasteiger partial charge in [-0.3, -0.25) is 38.4 Å². The molecular weight excluding hydrogens is 1010 g/mol. The number of unbranched alkanes of at least 4 members (excludes halogenated alkanes) is 1. The van der Waals surface area contributed by atoms with Crippen molar-refractivity contribution in [3.8, 4) is 5.75 Å². The molecule has 0 radical (unpaired) electrons. The second-order valence-corrected chi connectivity index (χ2v) is 22.4. The van der Waals surface area contributed by atoms with Gasteiger partial charge < -0.3 is 57.7 Å². The van der Waals surface area contributed by atoms with E-state index in [1.807, 2.05) is 68.4 Å². The molecule has 76 heavy (non-hydrogen) atoms. The second kappa shape index (κ2) is 30.0. The average Bonchev–Trinajstić information content (AvgIpc) is 3.79. The van der Waals surface area contributed by atoms with Crippen LogP contribution in [0.2, 0.25) is 0 Å². The number of carboxylic acid groups (broad SMARTS) is 1. The van der Waals surface area contributed by atoms with E-state index in [0.29, 0.717) is 30.4 Å². The molecule has 0 spiro atoms. The molecule has 0 aliphatic carbocycles. The number of amides is 4. The number of fused-ring (bicyclic) bond motifs is 1. The minimum absolute atomic E-state index is 0.00115. The molecule has 1 aromatic heterocycles.